The van der Waals surface area contributed by atoms with Crippen LogP contribution in [0.15, 0.2) is 24.3 Å². The fourth-order valence-corrected chi connectivity index (χ4v) is 2.57. The first-order valence-corrected chi connectivity index (χ1v) is 8.65. The third-order valence-electron chi connectivity index (χ3n) is 3.59. The molecule has 1 aromatic rings. The van der Waals surface area contributed by atoms with Crippen LogP contribution >= 0.6 is 12.2 Å². The largest absolute Gasteiger partial charge is 0.332 e. The van der Waals surface area contributed by atoms with Crippen molar-refractivity contribution in [2.24, 2.45) is 0 Å². The summed E-state index contributed by atoms with van der Waals surface area (Å²) in [4.78, 5) is 11.9. The third-order valence-corrected chi connectivity index (χ3v) is 3.80. The van der Waals surface area contributed by atoms with Gasteiger partial charge in [0.15, 0.2) is 5.11 Å². The van der Waals surface area contributed by atoms with E-state index in [4.69, 9.17) is 12.2 Å². The molecule has 0 saturated carbocycles. The third kappa shape index (κ3) is 7.03. The molecule has 4 heteroatoms. The van der Waals surface area contributed by atoms with Crippen LogP contribution in [0.3, 0.4) is 0 Å². The molecule has 22 heavy (non-hydrogen) atoms. The predicted octanol–water partition coefficient (Wildman–Crippen LogP) is 4.98. The monoisotopic (exact) mass is 320 g/mol. The molecule has 0 spiro atoms. The van der Waals surface area contributed by atoms with Gasteiger partial charge in [0.25, 0.3) is 0 Å². The smallest absolute Gasteiger partial charge is 0.226 e. The van der Waals surface area contributed by atoms with Crippen molar-refractivity contribution in [3.05, 3.63) is 29.8 Å². The summed E-state index contributed by atoms with van der Waals surface area (Å²) in [7, 11) is 0. The van der Waals surface area contributed by atoms with E-state index in [1.165, 1.54) is 24.8 Å². The highest BCUT2D eigenvalue weighted by molar-refractivity contribution is 7.80. The minimum atomic E-state index is -0.00368. The SMILES string of the molecule is CCCCCCCC(=O)NC(=S)Nc1ccccc1C(C)C. The number of para-hydroxylation sites is 1. The lowest BCUT2D eigenvalue weighted by Crippen LogP contribution is -2.34. The summed E-state index contributed by atoms with van der Waals surface area (Å²) in [6.45, 7) is 6.46. The first-order chi connectivity index (χ1) is 10.5. The molecule has 0 aliphatic heterocycles. The van der Waals surface area contributed by atoms with Crippen LogP contribution in [0.4, 0.5) is 5.69 Å². The Morgan fingerprint density at radius 3 is 2.50 bits per heavy atom. The Morgan fingerprint density at radius 2 is 1.82 bits per heavy atom. The molecule has 1 amide bonds. The van der Waals surface area contributed by atoms with Crippen LogP contribution < -0.4 is 10.6 Å². The minimum Gasteiger partial charge on any atom is -0.332 e. The topological polar surface area (TPSA) is 41.1 Å². The van der Waals surface area contributed by atoms with Crippen LogP contribution in [0, 0.1) is 0 Å². The molecule has 0 saturated heterocycles. The predicted molar refractivity (Wildman–Crippen MR) is 98.3 cm³/mol. The average molecular weight is 321 g/mol. The lowest BCUT2D eigenvalue weighted by molar-refractivity contribution is -0.119. The van der Waals surface area contributed by atoms with Gasteiger partial charge in [-0.3, -0.25) is 4.79 Å². The van der Waals surface area contributed by atoms with Crippen molar-refractivity contribution in [2.45, 2.75) is 65.2 Å². The number of nitrogens with one attached hydrogen (secondary N) is 2. The van der Waals surface area contributed by atoms with Gasteiger partial charge in [0.1, 0.15) is 0 Å². The normalized spacial score (nSPS) is 10.5. The van der Waals surface area contributed by atoms with Crippen molar-refractivity contribution in [1.29, 1.82) is 0 Å². The second kappa shape index (κ2) is 10.3. The van der Waals surface area contributed by atoms with Crippen LogP contribution in [0.5, 0.6) is 0 Å². The van der Waals surface area contributed by atoms with Gasteiger partial charge in [-0.15, -0.1) is 0 Å². The molecular weight excluding hydrogens is 292 g/mol. The summed E-state index contributed by atoms with van der Waals surface area (Å²) in [5.41, 5.74) is 2.16. The van der Waals surface area contributed by atoms with Gasteiger partial charge in [-0.25, -0.2) is 0 Å². The van der Waals surface area contributed by atoms with E-state index in [2.05, 4.69) is 37.5 Å². The second-order valence-corrected chi connectivity index (χ2v) is 6.32. The number of benzene rings is 1. The second-order valence-electron chi connectivity index (χ2n) is 5.91. The van der Waals surface area contributed by atoms with E-state index < -0.39 is 0 Å². The maximum atomic E-state index is 11.9. The van der Waals surface area contributed by atoms with Crippen LogP contribution in [0.25, 0.3) is 0 Å². The summed E-state index contributed by atoms with van der Waals surface area (Å²) in [6.07, 6.45) is 6.24. The molecule has 0 aromatic heterocycles. The molecule has 0 aliphatic carbocycles. The Labute approximate surface area is 139 Å². The van der Waals surface area contributed by atoms with Crippen molar-refractivity contribution in [3.8, 4) is 0 Å². The van der Waals surface area contributed by atoms with Crippen molar-refractivity contribution in [3.63, 3.8) is 0 Å². The molecule has 1 aromatic carbocycles. The number of amides is 1. The van der Waals surface area contributed by atoms with Crippen LogP contribution in [-0.4, -0.2) is 11.0 Å². The zero-order valence-corrected chi connectivity index (χ0v) is 14.8. The van der Waals surface area contributed by atoms with Gasteiger partial charge in [0.05, 0.1) is 0 Å². The summed E-state index contributed by atoms with van der Waals surface area (Å²) < 4.78 is 0. The maximum absolute atomic E-state index is 11.9. The summed E-state index contributed by atoms with van der Waals surface area (Å²) in [5, 5.41) is 6.28. The van der Waals surface area contributed by atoms with Crippen molar-refractivity contribution < 1.29 is 4.79 Å². The van der Waals surface area contributed by atoms with Crippen LogP contribution in [0.1, 0.15) is 70.8 Å². The average Bonchev–Trinajstić information content (AvgIpc) is 2.47. The Hall–Kier alpha value is -1.42. The quantitative estimate of drug-likeness (QED) is 0.524. The number of carbonyl (C=O) groups excluding carboxylic acids is 1. The van der Waals surface area contributed by atoms with Crippen LogP contribution in [-0.2, 0) is 4.79 Å². The lowest BCUT2D eigenvalue weighted by Gasteiger charge is -2.15. The number of thiocarbonyl (C=S) groups is 1. The van der Waals surface area contributed by atoms with Crippen LogP contribution in [0.2, 0.25) is 0 Å². The minimum absolute atomic E-state index is 0.00368. The first kappa shape index (κ1) is 18.6. The Balaban J connectivity index is 2.38. The molecule has 0 atom stereocenters. The molecule has 0 fully saturated rings. The molecule has 1 rings (SSSR count). The number of carbonyl (C=O) groups is 1. The van der Waals surface area contributed by atoms with E-state index in [9.17, 15) is 4.79 Å². The van der Waals surface area contributed by atoms with Gasteiger partial charge in [0.2, 0.25) is 5.91 Å². The van der Waals surface area contributed by atoms with Gasteiger partial charge in [-0.1, -0.05) is 64.7 Å². The molecule has 122 valence electrons. The Kier molecular flexibility index (Phi) is 8.75. The summed E-state index contributed by atoms with van der Waals surface area (Å²) >= 11 is 5.24. The Bertz CT molecular complexity index is 486. The molecule has 0 bridgehead atoms. The summed E-state index contributed by atoms with van der Waals surface area (Å²) in [5.74, 6) is 0.400. The van der Waals surface area contributed by atoms with Crippen molar-refractivity contribution in [2.75, 3.05) is 5.32 Å². The van der Waals surface area contributed by atoms with Gasteiger partial charge < -0.3 is 10.6 Å². The zero-order chi connectivity index (χ0) is 16.4. The molecular formula is C18H28N2OS. The fourth-order valence-electron chi connectivity index (χ4n) is 2.35. The van der Waals surface area contributed by atoms with E-state index >= 15 is 0 Å². The molecule has 0 radical (unpaired) electrons. The molecule has 0 unspecified atom stereocenters. The highest BCUT2D eigenvalue weighted by Gasteiger charge is 2.09. The summed E-state index contributed by atoms with van der Waals surface area (Å²) in [6, 6.07) is 8.04. The molecule has 0 heterocycles. The maximum Gasteiger partial charge on any atom is 0.226 e. The van der Waals surface area contributed by atoms with E-state index in [1.807, 2.05) is 18.2 Å². The zero-order valence-electron chi connectivity index (χ0n) is 13.9. The number of hydrogen-bond acceptors (Lipinski definition) is 2. The molecule has 0 aliphatic rings. The number of hydrogen-bond donors (Lipinski definition) is 2. The lowest BCUT2D eigenvalue weighted by atomic mass is 10.0. The van der Waals surface area contributed by atoms with Gasteiger partial charge >= 0.3 is 0 Å². The first-order valence-electron chi connectivity index (χ1n) is 8.24. The van der Waals surface area contributed by atoms with Crippen molar-refractivity contribution >= 4 is 28.9 Å². The van der Waals surface area contributed by atoms with Gasteiger partial charge in [0, 0.05) is 12.1 Å². The van der Waals surface area contributed by atoms with Gasteiger partial charge in [-0.2, -0.15) is 0 Å². The molecule has 3 nitrogen and oxygen atoms in total. The van der Waals surface area contributed by atoms with E-state index in [0.29, 0.717) is 17.5 Å². The van der Waals surface area contributed by atoms with E-state index in [0.717, 1.165) is 18.5 Å². The Morgan fingerprint density at radius 1 is 1.14 bits per heavy atom. The highest BCUT2D eigenvalue weighted by atomic mass is 32.1. The number of rotatable bonds is 8. The fraction of sp³-hybridized carbons (Fsp3) is 0.556. The van der Waals surface area contributed by atoms with Crippen molar-refractivity contribution in [1.82, 2.24) is 5.32 Å². The highest BCUT2D eigenvalue weighted by Crippen LogP contribution is 2.23. The van der Waals surface area contributed by atoms with E-state index in [1.54, 1.807) is 0 Å². The molecule has 2 N–H and O–H groups in total. The number of anilines is 1. The van der Waals surface area contributed by atoms with Gasteiger partial charge in [-0.05, 0) is 36.2 Å². The van der Waals surface area contributed by atoms with E-state index in [-0.39, 0.29) is 5.91 Å². The standard InChI is InChI=1S/C18H28N2OS/c1-4-5-6-7-8-13-17(21)20-18(22)19-16-12-10-9-11-15(16)14(2)3/h9-12,14H,4-8,13H2,1-3H3,(H2,19,20,21,22). The number of unbranched alkanes of at least 4 members (excludes halogenated alkanes) is 4.